The van der Waals surface area contributed by atoms with Gasteiger partial charge in [-0.15, -0.1) is 0 Å². The van der Waals surface area contributed by atoms with Crippen molar-refractivity contribution in [3.05, 3.63) is 59.7 Å². The van der Waals surface area contributed by atoms with E-state index in [1.54, 1.807) is 16.8 Å². The third-order valence-corrected chi connectivity index (χ3v) is 4.85. The zero-order valence-electron chi connectivity index (χ0n) is 16.1. The Morgan fingerprint density at radius 2 is 1.81 bits per heavy atom. The predicted octanol–water partition coefficient (Wildman–Crippen LogP) is 3.41. The SMILES string of the molecule is CCOc1ccc(CN(C)C(=O)C2CC(=O)N(c3ccc(C)cc3)C2)cc1. The van der Waals surface area contributed by atoms with E-state index in [-0.39, 0.29) is 24.2 Å². The minimum Gasteiger partial charge on any atom is -0.494 e. The molecule has 0 saturated carbocycles. The van der Waals surface area contributed by atoms with Gasteiger partial charge in [0.2, 0.25) is 11.8 Å². The second-order valence-corrected chi connectivity index (χ2v) is 7.01. The maximum atomic E-state index is 12.8. The van der Waals surface area contributed by atoms with Crippen LogP contribution in [0.3, 0.4) is 0 Å². The number of carbonyl (C=O) groups excluding carboxylic acids is 2. The van der Waals surface area contributed by atoms with Crippen molar-refractivity contribution >= 4 is 17.5 Å². The Balaban J connectivity index is 1.61. The molecule has 142 valence electrons. The molecule has 5 nitrogen and oxygen atoms in total. The maximum absolute atomic E-state index is 12.8. The normalized spacial score (nSPS) is 16.5. The van der Waals surface area contributed by atoms with Crippen LogP contribution in [-0.4, -0.2) is 36.9 Å². The molecule has 0 N–H and O–H groups in total. The number of aryl methyl sites for hydroxylation is 1. The van der Waals surface area contributed by atoms with Crippen LogP contribution in [0.2, 0.25) is 0 Å². The van der Waals surface area contributed by atoms with Crippen LogP contribution in [-0.2, 0) is 16.1 Å². The number of amides is 2. The first-order valence-electron chi connectivity index (χ1n) is 9.31. The summed E-state index contributed by atoms with van der Waals surface area (Å²) in [4.78, 5) is 28.6. The van der Waals surface area contributed by atoms with Gasteiger partial charge in [0.25, 0.3) is 0 Å². The van der Waals surface area contributed by atoms with Gasteiger partial charge < -0.3 is 14.5 Å². The Bertz CT molecular complexity index is 799. The highest BCUT2D eigenvalue weighted by atomic mass is 16.5. The first kappa shape index (κ1) is 19.0. The van der Waals surface area contributed by atoms with Crippen molar-refractivity contribution in [3.63, 3.8) is 0 Å². The van der Waals surface area contributed by atoms with Crippen molar-refractivity contribution in [2.24, 2.45) is 5.92 Å². The standard InChI is InChI=1S/C22H26N2O3/c1-4-27-20-11-7-17(8-12-20)14-23(3)22(26)18-13-21(25)24(15-18)19-9-5-16(2)6-10-19/h5-12,18H,4,13-15H2,1-3H3. The highest BCUT2D eigenvalue weighted by Gasteiger charge is 2.36. The lowest BCUT2D eigenvalue weighted by molar-refractivity contribution is -0.135. The molecule has 2 aromatic carbocycles. The first-order valence-corrected chi connectivity index (χ1v) is 9.31. The van der Waals surface area contributed by atoms with Gasteiger partial charge in [0.05, 0.1) is 12.5 Å². The lowest BCUT2D eigenvalue weighted by atomic mass is 10.1. The van der Waals surface area contributed by atoms with E-state index < -0.39 is 0 Å². The predicted molar refractivity (Wildman–Crippen MR) is 106 cm³/mol. The summed E-state index contributed by atoms with van der Waals surface area (Å²) in [5, 5.41) is 0. The number of hydrogen-bond acceptors (Lipinski definition) is 3. The summed E-state index contributed by atoms with van der Waals surface area (Å²) in [6, 6.07) is 15.6. The van der Waals surface area contributed by atoms with E-state index in [4.69, 9.17) is 4.74 Å². The number of hydrogen-bond donors (Lipinski definition) is 0. The molecule has 1 saturated heterocycles. The van der Waals surface area contributed by atoms with Gasteiger partial charge >= 0.3 is 0 Å². The Morgan fingerprint density at radius 1 is 1.15 bits per heavy atom. The Kier molecular flexibility index (Phi) is 5.79. The molecule has 0 spiro atoms. The van der Waals surface area contributed by atoms with Crippen molar-refractivity contribution in [1.29, 1.82) is 0 Å². The highest BCUT2D eigenvalue weighted by molar-refractivity contribution is 6.00. The molecule has 0 radical (unpaired) electrons. The summed E-state index contributed by atoms with van der Waals surface area (Å²) in [5.74, 6) is 0.537. The molecule has 1 aliphatic rings. The van der Waals surface area contributed by atoms with E-state index >= 15 is 0 Å². The third-order valence-electron chi connectivity index (χ3n) is 4.85. The van der Waals surface area contributed by atoms with Crippen LogP contribution >= 0.6 is 0 Å². The van der Waals surface area contributed by atoms with Crippen LogP contribution in [0.15, 0.2) is 48.5 Å². The van der Waals surface area contributed by atoms with Crippen molar-refractivity contribution < 1.29 is 14.3 Å². The van der Waals surface area contributed by atoms with E-state index in [1.807, 2.05) is 62.4 Å². The van der Waals surface area contributed by atoms with Gasteiger partial charge in [-0.05, 0) is 43.7 Å². The fourth-order valence-electron chi connectivity index (χ4n) is 3.37. The minimum atomic E-state index is -0.300. The number of benzene rings is 2. The van der Waals surface area contributed by atoms with Crippen LogP contribution in [0.25, 0.3) is 0 Å². The molecule has 0 aromatic heterocycles. The topological polar surface area (TPSA) is 49.9 Å². The fraction of sp³-hybridized carbons (Fsp3) is 0.364. The summed E-state index contributed by atoms with van der Waals surface area (Å²) < 4.78 is 5.44. The third kappa shape index (κ3) is 4.48. The van der Waals surface area contributed by atoms with Gasteiger partial charge in [-0.25, -0.2) is 0 Å². The number of ether oxygens (including phenoxy) is 1. The van der Waals surface area contributed by atoms with Gasteiger partial charge in [0.1, 0.15) is 5.75 Å². The van der Waals surface area contributed by atoms with Crippen LogP contribution in [0.4, 0.5) is 5.69 Å². The molecule has 1 fully saturated rings. The average molecular weight is 366 g/mol. The van der Waals surface area contributed by atoms with Crippen LogP contribution in [0.1, 0.15) is 24.5 Å². The van der Waals surface area contributed by atoms with Gasteiger partial charge in [-0.3, -0.25) is 9.59 Å². The summed E-state index contributed by atoms with van der Waals surface area (Å²) in [5.41, 5.74) is 3.04. The zero-order chi connectivity index (χ0) is 19.4. The summed E-state index contributed by atoms with van der Waals surface area (Å²) in [6.07, 6.45) is 0.264. The average Bonchev–Trinajstić information content (AvgIpc) is 3.05. The van der Waals surface area contributed by atoms with Gasteiger partial charge in [-0.2, -0.15) is 0 Å². The van der Waals surface area contributed by atoms with E-state index in [9.17, 15) is 9.59 Å². The molecule has 1 atom stereocenters. The minimum absolute atomic E-state index is 0.00618. The van der Waals surface area contributed by atoms with Gasteiger partial charge in [0, 0.05) is 32.2 Å². The molecule has 0 bridgehead atoms. The largest absolute Gasteiger partial charge is 0.494 e. The molecule has 5 heteroatoms. The molecular formula is C22H26N2O3. The summed E-state index contributed by atoms with van der Waals surface area (Å²) >= 11 is 0. The highest BCUT2D eigenvalue weighted by Crippen LogP contribution is 2.27. The monoisotopic (exact) mass is 366 g/mol. The molecule has 1 heterocycles. The molecule has 1 unspecified atom stereocenters. The second kappa shape index (κ2) is 8.25. The molecule has 3 rings (SSSR count). The number of rotatable bonds is 6. The summed E-state index contributed by atoms with van der Waals surface area (Å²) in [6.45, 7) is 5.54. The lowest BCUT2D eigenvalue weighted by Gasteiger charge is -2.22. The van der Waals surface area contributed by atoms with Crippen molar-refractivity contribution in [3.8, 4) is 5.75 Å². The molecule has 1 aliphatic heterocycles. The van der Waals surface area contributed by atoms with Crippen molar-refractivity contribution in [2.45, 2.75) is 26.8 Å². The van der Waals surface area contributed by atoms with Gasteiger partial charge in [-0.1, -0.05) is 29.8 Å². The molecule has 2 amide bonds. The van der Waals surface area contributed by atoms with Crippen LogP contribution in [0, 0.1) is 12.8 Å². The maximum Gasteiger partial charge on any atom is 0.228 e. The van der Waals surface area contributed by atoms with Crippen LogP contribution in [0.5, 0.6) is 5.75 Å². The lowest BCUT2D eigenvalue weighted by Crippen LogP contribution is -2.34. The first-order chi connectivity index (χ1) is 13.0. The van der Waals surface area contributed by atoms with E-state index in [1.165, 1.54) is 0 Å². The zero-order valence-corrected chi connectivity index (χ0v) is 16.1. The van der Waals surface area contributed by atoms with Gasteiger partial charge in [0.15, 0.2) is 0 Å². The van der Waals surface area contributed by atoms with E-state index in [0.29, 0.717) is 19.7 Å². The quantitative estimate of drug-likeness (QED) is 0.787. The summed E-state index contributed by atoms with van der Waals surface area (Å²) in [7, 11) is 1.79. The molecule has 0 aliphatic carbocycles. The molecular weight excluding hydrogens is 340 g/mol. The number of anilines is 1. The van der Waals surface area contributed by atoms with Crippen molar-refractivity contribution in [1.82, 2.24) is 4.90 Å². The fourth-order valence-corrected chi connectivity index (χ4v) is 3.37. The molecule has 27 heavy (non-hydrogen) atoms. The number of carbonyl (C=O) groups is 2. The molecule has 2 aromatic rings. The van der Waals surface area contributed by atoms with E-state index in [2.05, 4.69) is 0 Å². The number of nitrogens with zero attached hydrogens (tertiary/aromatic N) is 2. The Morgan fingerprint density at radius 3 is 2.44 bits per heavy atom. The van der Waals surface area contributed by atoms with E-state index in [0.717, 1.165) is 22.6 Å². The van der Waals surface area contributed by atoms with Crippen molar-refractivity contribution in [2.75, 3.05) is 25.1 Å². The second-order valence-electron chi connectivity index (χ2n) is 7.01. The Labute approximate surface area is 160 Å². The van der Waals surface area contributed by atoms with Crippen LogP contribution < -0.4 is 9.64 Å². The smallest absolute Gasteiger partial charge is 0.228 e. The Hall–Kier alpha value is -2.82.